The van der Waals surface area contributed by atoms with Gasteiger partial charge < -0.3 is 14.6 Å². The van der Waals surface area contributed by atoms with Gasteiger partial charge in [0.15, 0.2) is 5.78 Å². The highest BCUT2D eigenvalue weighted by molar-refractivity contribution is 5.99. The van der Waals surface area contributed by atoms with E-state index in [0.29, 0.717) is 22.1 Å². The lowest BCUT2D eigenvalue weighted by Crippen LogP contribution is -2.15. The van der Waals surface area contributed by atoms with E-state index in [0.717, 1.165) is 0 Å². The van der Waals surface area contributed by atoms with Gasteiger partial charge in [0, 0.05) is 17.4 Å². The summed E-state index contributed by atoms with van der Waals surface area (Å²) in [7, 11) is 0. The van der Waals surface area contributed by atoms with E-state index in [4.69, 9.17) is 9.68 Å². The highest BCUT2D eigenvalue weighted by Gasteiger charge is 2.27. The first-order valence-electron chi connectivity index (χ1n) is 7.46. The summed E-state index contributed by atoms with van der Waals surface area (Å²) in [6.07, 6.45) is -0.273. The lowest BCUT2D eigenvalue weighted by atomic mass is 9.96. The number of rotatable bonds is 5. The predicted molar refractivity (Wildman–Crippen MR) is 88.4 cm³/mol. The fraction of sp³-hybridized carbons (Fsp3) is 0.105. The molecule has 0 bridgehead atoms. The molecule has 0 fully saturated rings. The van der Waals surface area contributed by atoms with E-state index in [1.807, 2.05) is 6.07 Å². The maximum Gasteiger partial charge on any atom is 0.314 e. The molecular formula is C19H13NO5. The van der Waals surface area contributed by atoms with Crippen molar-refractivity contribution in [3.05, 3.63) is 65.4 Å². The van der Waals surface area contributed by atoms with Crippen LogP contribution in [0.2, 0.25) is 0 Å². The number of Topliss-reactive ketones (excluding diaryl/α,β-unsaturated/α-hetero) is 1. The Labute approximate surface area is 142 Å². The van der Waals surface area contributed by atoms with Gasteiger partial charge in [0.2, 0.25) is 0 Å². The smallest absolute Gasteiger partial charge is 0.314 e. The summed E-state index contributed by atoms with van der Waals surface area (Å²) in [5.41, 5.74) is 1.20. The van der Waals surface area contributed by atoms with Crippen molar-refractivity contribution in [1.82, 2.24) is 0 Å². The molecule has 1 heterocycles. The van der Waals surface area contributed by atoms with Gasteiger partial charge >= 0.3 is 5.97 Å². The van der Waals surface area contributed by atoms with Crippen molar-refractivity contribution in [1.29, 1.82) is 5.26 Å². The van der Waals surface area contributed by atoms with Gasteiger partial charge in [0.25, 0.3) is 0 Å². The molecular weight excluding hydrogens is 322 g/mol. The van der Waals surface area contributed by atoms with Crippen LogP contribution in [0.4, 0.5) is 0 Å². The number of aliphatic carboxylic acids is 1. The number of carboxylic acid groups (broad SMARTS) is 1. The van der Waals surface area contributed by atoms with Gasteiger partial charge in [-0.2, -0.15) is 5.26 Å². The fourth-order valence-corrected chi connectivity index (χ4v) is 2.57. The number of hydrogen-bond acceptors (Lipinski definition) is 5. The quantitative estimate of drug-likeness (QED) is 0.691. The molecule has 0 amide bonds. The second-order valence-electron chi connectivity index (χ2n) is 5.58. The Bertz CT molecular complexity index is 995. The molecule has 6 nitrogen and oxygen atoms in total. The third-order valence-electron chi connectivity index (χ3n) is 3.88. The highest BCUT2D eigenvalue weighted by Crippen LogP contribution is 2.29. The van der Waals surface area contributed by atoms with Crippen LogP contribution >= 0.6 is 0 Å². The van der Waals surface area contributed by atoms with Crippen LogP contribution in [0.25, 0.3) is 11.0 Å². The van der Waals surface area contributed by atoms with Gasteiger partial charge in [-0.3, -0.25) is 9.59 Å². The summed E-state index contributed by atoms with van der Waals surface area (Å²) in [4.78, 5) is 23.9. The van der Waals surface area contributed by atoms with Gasteiger partial charge in [0.1, 0.15) is 23.0 Å². The van der Waals surface area contributed by atoms with E-state index < -0.39 is 11.9 Å². The van der Waals surface area contributed by atoms with Crippen molar-refractivity contribution in [2.75, 3.05) is 0 Å². The van der Waals surface area contributed by atoms with Gasteiger partial charge in [0.05, 0.1) is 11.6 Å². The Balaban J connectivity index is 1.91. The van der Waals surface area contributed by atoms with E-state index >= 15 is 0 Å². The van der Waals surface area contributed by atoms with E-state index in [1.165, 1.54) is 24.3 Å². The molecule has 25 heavy (non-hydrogen) atoms. The average molecular weight is 335 g/mol. The first kappa shape index (κ1) is 16.3. The highest BCUT2D eigenvalue weighted by atomic mass is 16.4. The number of carboxylic acids is 1. The minimum atomic E-state index is -1.17. The van der Waals surface area contributed by atoms with Gasteiger partial charge in [-0.15, -0.1) is 0 Å². The summed E-state index contributed by atoms with van der Waals surface area (Å²) in [6.45, 7) is 0. The molecule has 0 aliphatic rings. The number of nitriles is 1. The number of phenols is 1. The lowest BCUT2D eigenvalue weighted by Gasteiger charge is -2.09. The van der Waals surface area contributed by atoms with Crippen LogP contribution in [0.15, 0.2) is 52.9 Å². The molecule has 6 heteroatoms. The van der Waals surface area contributed by atoms with Crippen LogP contribution in [0.1, 0.15) is 34.0 Å². The number of benzene rings is 2. The molecule has 124 valence electrons. The minimum absolute atomic E-state index is 0.0249. The zero-order chi connectivity index (χ0) is 18.0. The molecule has 3 aromatic rings. The van der Waals surface area contributed by atoms with Crippen molar-refractivity contribution in [3.63, 3.8) is 0 Å². The second kappa shape index (κ2) is 6.49. The molecule has 0 spiro atoms. The minimum Gasteiger partial charge on any atom is -0.508 e. The SMILES string of the molecule is N#Cc1ccc2oc(C(CC(=O)c3ccc(O)cc3)C(=O)O)cc2c1. The first-order chi connectivity index (χ1) is 12.0. The number of hydrogen-bond donors (Lipinski definition) is 2. The van der Waals surface area contributed by atoms with Crippen LogP contribution in [0.3, 0.4) is 0 Å². The number of nitrogens with zero attached hydrogens (tertiary/aromatic N) is 1. The molecule has 0 saturated heterocycles. The Morgan fingerprint density at radius 2 is 1.84 bits per heavy atom. The molecule has 0 aliphatic carbocycles. The van der Waals surface area contributed by atoms with E-state index in [9.17, 15) is 19.8 Å². The van der Waals surface area contributed by atoms with Crippen LogP contribution in [0.5, 0.6) is 5.75 Å². The van der Waals surface area contributed by atoms with Crippen LogP contribution in [-0.4, -0.2) is 22.0 Å². The number of aromatic hydroxyl groups is 1. The standard InChI is InChI=1S/C19H13NO5/c20-10-11-1-6-17-13(7-11)8-18(25-17)15(19(23)24)9-16(22)12-2-4-14(21)5-3-12/h1-8,15,21H,9H2,(H,23,24). The Hall–Kier alpha value is -3.59. The van der Waals surface area contributed by atoms with E-state index in [2.05, 4.69) is 0 Å². The largest absolute Gasteiger partial charge is 0.508 e. The van der Waals surface area contributed by atoms with Crippen molar-refractivity contribution in [3.8, 4) is 11.8 Å². The predicted octanol–water partition coefficient (Wildman–Crippen LogP) is 3.45. The maximum atomic E-state index is 12.3. The zero-order valence-corrected chi connectivity index (χ0v) is 13.0. The number of furan rings is 1. The maximum absolute atomic E-state index is 12.3. The van der Waals surface area contributed by atoms with Gasteiger partial charge in [-0.05, 0) is 48.5 Å². The van der Waals surface area contributed by atoms with E-state index in [-0.39, 0.29) is 23.7 Å². The molecule has 0 aliphatic heterocycles. The fourth-order valence-electron chi connectivity index (χ4n) is 2.57. The molecule has 1 atom stereocenters. The Kier molecular flexibility index (Phi) is 4.23. The van der Waals surface area contributed by atoms with Gasteiger partial charge in [-0.25, -0.2) is 0 Å². The van der Waals surface area contributed by atoms with E-state index in [1.54, 1.807) is 24.3 Å². The second-order valence-corrected chi connectivity index (χ2v) is 5.58. The third-order valence-corrected chi connectivity index (χ3v) is 3.88. The normalized spacial score (nSPS) is 11.8. The summed E-state index contributed by atoms with van der Waals surface area (Å²) in [5, 5.41) is 28.3. The van der Waals surface area contributed by atoms with Crippen molar-refractivity contribution in [2.45, 2.75) is 12.3 Å². The summed E-state index contributed by atoms with van der Waals surface area (Å²) >= 11 is 0. The number of carbonyl (C=O) groups is 2. The number of ketones is 1. The molecule has 1 aromatic heterocycles. The van der Waals surface area contributed by atoms with Crippen molar-refractivity contribution >= 4 is 22.7 Å². The zero-order valence-electron chi connectivity index (χ0n) is 13.0. The molecule has 0 radical (unpaired) electrons. The summed E-state index contributed by atoms with van der Waals surface area (Å²) in [6, 6.07) is 13.9. The first-order valence-corrected chi connectivity index (χ1v) is 7.46. The Morgan fingerprint density at radius 1 is 1.12 bits per heavy atom. The Morgan fingerprint density at radius 3 is 2.48 bits per heavy atom. The average Bonchev–Trinajstić information content (AvgIpc) is 3.02. The number of phenolic OH excluding ortho intramolecular Hbond substituents is 1. The molecule has 2 aromatic carbocycles. The van der Waals surface area contributed by atoms with Crippen molar-refractivity contribution in [2.24, 2.45) is 0 Å². The number of carbonyl (C=O) groups excluding carboxylic acids is 1. The topological polar surface area (TPSA) is 112 Å². The van der Waals surface area contributed by atoms with Crippen LogP contribution in [-0.2, 0) is 4.79 Å². The molecule has 1 unspecified atom stereocenters. The lowest BCUT2D eigenvalue weighted by molar-refractivity contribution is -0.139. The molecule has 3 rings (SSSR count). The molecule has 0 saturated carbocycles. The number of fused-ring (bicyclic) bond motifs is 1. The summed E-state index contributed by atoms with van der Waals surface area (Å²) < 4.78 is 5.56. The van der Waals surface area contributed by atoms with Crippen LogP contribution < -0.4 is 0 Å². The molecule has 2 N–H and O–H groups in total. The van der Waals surface area contributed by atoms with Gasteiger partial charge in [-0.1, -0.05) is 0 Å². The monoisotopic (exact) mass is 335 g/mol. The van der Waals surface area contributed by atoms with Crippen LogP contribution in [0, 0.1) is 11.3 Å². The third kappa shape index (κ3) is 3.35. The summed E-state index contributed by atoms with van der Waals surface area (Å²) in [5.74, 6) is -2.50. The van der Waals surface area contributed by atoms with Crippen molar-refractivity contribution < 1.29 is 24.2 Å².